The van der Waals surface area contributed by atoms with Gasteiger partial charge in [0.25, 0.3) is 0 Å². The van der Waals surface area contributed by atoms with Crippen molar-refractivity contribution in [2.75, 3.05) is 0 Å². The van der Waals surface area contributed by atoms with Crippen LogP contribution in [-0.4, -0.2) is 11.6 Å². The first-order chi connectivity index (χ1) is 10.9. The summed E-state index contributed by atoms with van der Waals surface area (Å²) in [6, 6.07) is 0. The maximum Gasteiger partial charge on any atom is 0.155 e. The van der Waals surface area contributed by atoms with E-state index in [-0.39, 0.29) is 22.5 Å². The Labute approximate surface area is 138 Å². The van der Waals surface area contributed by atoms with Crippen LogP contribution in [0.4, 0.5) is 0 Å². The van der Waals surface area contributed by atoms with Gasteiger partial charge >= 0.3 is 0 Å². The van der Waals surface area contributed by atoms with Crippen LogP contribution in [-0.2, 0) is 9.59 Å². The minimum absolute atomic E-state index is 0.0492. The van der Waals surface area contributed by atoms with E-state index in [1.54, 1.807) is 6.92 Å². The van der Waals surface area contributed by atoms with E-state index in [0.29, 0.717) is 18.1 Å². The summed E-state index contributed by atoms with van der Waals surface area (Å²) in [6.07, 6.45) is 12.4. The number of carbonyl (C=O) groups is 2. The third-order valence-corrected chi connectivity index (χ3v) is 7.31. The summed E-state index contributed by atoms with van der Waals surface area (Å²) in [5, 5.41) is 0. The van der Waals surface area contributed by atoms with Crippen LogP contribution in [0.2, 0.25) is 0 Å². The fourth-order valence-corrected chi connectivity index (χ4v) is 5.89. The van der Waals surface area contributed by atoms with Gasteiger partial charge in [-0.1, -0.05) is 31.6 Å². The van der Waals surface area contributed by atoms with Crippen LogP contribution in [0.1, 0.15) is 59.3 Å². The van der Waals surface area contributed by atoms with Gasteiger partial charge in [-0.15, -0.1) is 0 Å². The molecule has 4 rings (SSSR count). The number of hydrogen-bond donors (Lipinski definition) is 0. The lowest BCUT2D eigenvalue weighted by molar-refractivity contribution is -0.124. The molecule has 4 aliphatic rings. The van der Waals surface area contributed by atoms with Crippen molar-refractivity contribution in [3.8, 4) is 0 Å². The fourth-order valence-electron chi connectivity index (χ4n) is 5.89. The van der Waals surface area contributed by atoms with Crippen molar-refractivity contribution in [1.29, 1.82) is 0 Å². The molecule has 0 saturated heterocycles. The molecule has 0 aromatic carbocycles. The lowest BCUT2D eigenvalue weighted by Gasteiger charge is -2.49. The first kappa shape index (κ1) is 15.1. The largest absolute Gasteiger partial charge is 0.300 e. The van der Waals surface area contributed by atoms with Gasteiger partial charge in [0.2, 0.25) is 0 Å². The molecule has 122 valence electrons. The Morgan fingerprint density at radius 1 is 1.22 bits per heavy atom. The third kappa shape index (κ3) is 1.93. The van der Waals surface area contributed by atoms with Crippen molar-refractivity contribution in [1.82, 2.24) is 0 Å². The topological polar surface area (TPSA) is 34.1 Å². The molecule has 0 radical (unpaired) electrons. The standard InChI is InChI=1S/C21H26O2/c1-13(22)17-6-7-18-16-5-4-14-12-15(23)8-10-20(14,2)19(16)9-11-21(17,18)3/h5,9,12,17-18H,4,6-8,10-11H2,1-3H3/t17-,18+,20+,21-/m1/s1. The average Bonchev–Trinajstić information content (AvgIpc) is 2.85. The van der Waals surface area contributed by atoms with E-state index < -0.39 is 0 Å². The second-order valence-electron chi connectivity index (χ2n) is 8.45. The van der Waals surface area contributed by atoms with E-state index in [0.717, 1.165) is 32.1 Å². The molecule has 0 amide bonds. The van der Waals surface area contributed by atoms with Gasteiger partial charge < -0.3 is 0 Å². The van der Waals surface area contributed by atoms with Crippen LogP contribution in [0.15, 0.2) is 34.9 Å². The van der Waals surface area contributed by atoms with Crippen LogP contribution in [0.5, 0.6) is 0 Å². The minimum atomic E-state index is 0.0492. The quantitative estimate of drug-likeness (QED) is 0.711. The van der Waals surface area contributed by atoms with Gasteiger partial charge in [-0.2, -0.15) is 0 Å². The highest BCUT2D eigenvalue weighted by Crippen LogP contribution is 2.62. The Morgan fingerprint density at radius 2 is 2.00 bits per heavy atom. The highest BCUT2D eigenvalue weighted by atomic mass is 16.1. The molecule has 0 N–H and O–H groups in total. The predicted octanol–water partition coefficient (Wildman–Crippen LogP) is 4.56. The van der Waals surface area contributed by atoms with Crippen LogP contribution in [0.25, 0.3) is 0 Å². The number of allylic oxidation sites excluding steroid dienone is 6. The molecular weight excluding hydrogens is 284 g/mol. The molecule has 0 heterocycles. The summed E-state index contributed by atoms with van der Waals surface area (Å²) < 4.78 is 0. The predicted molar refractivity (Wildman–Crippen MR) is 90.8 cm³/mol. The van der Waals surface area contributed by atoms with Gasteiger partial charge in [0.05, 0.1) is 0 Å². The van der Waals surface area contributed by atoms with Crippen molar-refractivity contribution in [3.63, 3.8) is 0 Å². The van der Waals surface area contributed by atoms with E-state index in [1.165, 1.54) is 16.7 Å². The Kier molecular flexibility index (Phi) is 3.14. The Hall–Kier alpha value is -1.44. The van der Waals surface area contributed by atoms with Crippen molar-refractivity contribution in [3.05, 3.63) is 34.9 Å². The summed E-state index contributed by atoms with van der Waals surface area (Å²) in [4.78, 5) is 23.9. The molecule has 0 aliphatic heterocycles. The first-order valence-corrected chi connectivity index (χ1v) is 9.01. The Bertz CT molecular complexity index is 693. The zero-order chi connectivity index (χ0) is 16.4. The van der Waals surface area contributed by atoms with E-state index in [4.69, 9.17) is 0 Å². The Morgan fingerprint density at radius 3 is 2.74 bits per heavy atom. The molecule has 23 heavy (non-hydrogen) atoms. The number of fused-ring (bicyclic) bond motifs is 5. The van der Waals surface area contributed by atoms with E-state index in [1.807, 2.05) is 6.08 Å². The second-order valence-corrected chi connectivity index (χ2v) is 8.45. The normalized spacial score (nSPS) is 42.0. The van der Waals surface area contributed by atoms with Gasteiger partial charge in [-0.25, -0.2) is 0 Å². The van der Waals surface area contributed by atoms with E-state index in [9.17, 15) is 9.59 Å². The number of ketones is 2. The van der Waals surface area contributed by atoms with Gasteiger partial charge in [0, 0.05) is 17.8 Å². The van der Waals surface area contributed by atoms with E-state index in [2.05, 4.69) is 26.0 Å². The van der Waals surface area contributed by atoms with Gasteiger partial charge in [-0.3, -0.25) is 9.59 Å². The summed E-state index contributed by atoms with van der Waals surface area (Å²) in [5.74, 6) is 1.38. The van der Waals surface area contributed by atoms with Gasteiger partial charge in [0.1, 0.15) is 5.78 Å². The molecule has 0 spiro atoms. The highest BCUT2D eigenvalue weighted by Gasteiger charge is 2.54. The molecule has 0 unspecified atom stereocenters. The van der Waals surface area contributed by atoms with Crippen molar-refractivity contribution in [2.24, 2.45) is 22.7 Å². The molecule has 2 heteroatoms. The van der Waals surface area contributed by atoms with Crippen molar-refractivity contribution >= 4 is 11.6 Å². The summed E-state index contributed by atoms with van der Waals surface area (Å²) in [6.45, 7) is 6.41. The van der Waals surface area contributed by atoms with Crippen LogP contribution < -0.4 is 0 Å². The van der Waals surface area contributed by atoms with Crippen LogP contribution in [0, 0.1) is 22.7 Å². The maximum absolute atomic E-state index is 12.1. The summed E-state index contributed by atoms with van der Waals surface area (Å²) in [7, 11) is 0. The first-order valence-electron chi connectivity index (χ1n) is 9.01. The summed E-state index contributed by atoms with van der Waals surface area (Å²) in [5.41, 5.74) is 4.41. The molecule has 4 atom stereocenters. The van der Waals surface area contributed by atoms with Crippen LogP contribution in [0.3, 0.4) is 0 Å². The van der Waals surface area contributed by atoms with Crippen molar-refractivity contribution < 1.29 is 9.59 Å². The fraction of sp³-hybridized carbons (Fsp3) is 0.619. The minimum Gasteiger partial charge on any atom is -0.300 e. The molecule has 4 aliphatic carbocycles. The zero-order valence-electron chi connectivity index (χ0n) is 14.4. The molecule has 2 nitrogen and oxygen atoms in total. The second kappa shape index (κ2) is 4.78. The van der Waals surface area contributed by atoms with Gasteiger partial charge in [0.15, 0.2) is 5.78 Å². The maximum atomic E-state index is 12.1. The zero-order valence-corrected chi connectivity index (χ0v) is 14.4. The Balaban J connectivity index is 1.79. The highest BCUT2D eigenvalue weighted by molar-refractivity contribution is 5.92. The smallest absolute Gasteiger partial charge is 0.155 e. The molecule has 0 aromatic heterocycles. The molecular formula is C21H26O2. The number of rotatable bonds is 1. The number of Topliss-reactive ketones (excluding diaryl/α,β-unsaturated/α-hetero) is 1. The summed E-state index contributed by atoms with van der Waals surface area (Å²) >= 11 is 0. The molecule has 1 saturated carbocycles. The van der Waals surface area contributed by atoms with E-state index >= 15 is 0 Å². The lowest BCUT2D eigenvalue weighted by atomic mass is 9.54. The van der Waals surface area contributed by atoms with Gasteiger partial charge in [-0.05, 0) is 67.6 Å². The monoisotopic (exact) mass is 310 g/mol. The molecule has 1 fully saturated rings. The lowest BCUT2D eigenvalue weighted by Crippen LogP contribution is -2.40. The van der Waals surface area contributed by atoms with Crippen molar-refractivity contribution in [2.45, 2.75) is 59.3 Å². The SMILES string of the molecule is CC(=O)[C@H]1CC[C@H]2C3=CCC4=CC(=O)CC[C@]4(C)C3=CC[C@]12C. The van der Waals surface area contributed by atoms with Crippen LogP contribution >= 0.6 is 0 Å². The molecule has 0 aromatic rings. The number of hydrogen-bond acceptors (Lipinski definition) is 2. The number of carbonyl (C=O) groups excluding carboxylic acids is 2. The third-order valence-electron chi connectivity index (χ3n) is 7.31. The average molecular weight is 310 g/mol. The molecule has 0 bridgehead atoms.